The van der Waals surface area contributed by atoms with E-state index in [1.54, 1.807) is 6.07 Å². The van der Waals surface area contributed by atoms with Gasteiger partial charge in [0.1, 0.15) is 6.04 Å². The first kappa shape index (κ1) is 16.7. The third kappa shape index (κ3) is 3.36. The molecule has 0 spiro atoms. The molecule has 3 amide bonds. The van der Waals surface area contributed by atoms with Crippen molar-refractivity contribution in [2.24, 2.45) is 0 Å². The fourth-order valence-electron chi connectivity index (χ4n) is 2.36. The second kappa shape index (κ2) is 6.73. The molecule has 1 aromatic heterocycles. The van der Waals surface area contributed by atoms with Gasteiger partial charge < -0.3 is 0 Å². The molecule has 0 aliphatic carbocycles. The van der Waals surface area contributed by atoms with E-state index in [1.165, 1.54) is 18.5 Å². The maximum atomic E-state index is 13.3. The highest BCUT2D eigenvalue weighted by molar-refractivity contribution is 6.22. The Hall–Kier alpha value is -3.20. The molecule has 1 saturated heterocycles. The van der Waals surface area contributed by atoms with Crippen LogP contribution in [0.1, 0.15) is 16.8 Å². The van der Waals surface area contributed by atoms with Gasteiger partial charge in [0.25, 0.3) is 11.8 Å². The number of aromatic nitrogens is 1. The average molecular weight is 346 g/mol. The highest BCUT2D eigenvalue weighted by Gasteiger charge is 2.40. The van der Waals surface area contributed by atoms with Gasteiger partial charge in [-0.1, -0.05) is 0 Å². The number of hydrazine groups is 1. The van der Waals surface area contributed by atoms with Crippen LogP contribution >= 0.6 is 0 Å². The number of pyridine rings is 1. The lowest BCUT2D eigenvalue weighted by atomic mass is 10.2. The predicted molar refractivity (Wildman–Crippen MR) is 82.1 cm³/mol. The number of amides is 3. The quantitative estimate of drug-likeness (QED) is 0.635. The average Bonchev–Trinajstić information content (AvgIpc) is 2.90. The first-order chi connectivity index (χ1) is 12.0. The molecule has 2 N–H and O–H groups in total. The fraction of sp³-hybridized carbons (Fsp3) is 0.125. The van der Waals surface area contributed by atoms with Crippen LogP contribution in [0.4, 0.5) is 14.5 Å². The van der Waals surface area contributed by atoms with E-state index < -0.39 is 35.4 Å². The van der Waals surface area contributed by atoms with Crippen molar-refractivity contribution in [3.05, 3.63) is 59.9 Å². The van der Waals surface area contributed by atoms with Crippen molar-refractivity contribution < 1.29 is 23.2 Å². The van der Waals surface area contributed by atoms with Crippen LogP contribution in [0.5, 0.6) is 0 Å². The second-order valence-corrected chi connectivity index (χ2v) is 5.26. The third-order valence-electron chi connectivity index (χ3n) is 3.59. The lowest BCUT2D eigenvalue weighted by molar-refractivity contribution is -0.121. The van der Waals surface area contributed by atoms with Gasteiger partial charge in [-0.15, -0.1) is 0 Å². The summed E-state index contributed by atoms with van der Waals surface area (Å²) in [5.41, 5.74) is 5.00. The van der Waals surface area contributed by atoms with Crippen molar-refractivity contribution in [3.63, 3.8) is 0 Å². The highest BCUT2D eigenvalue weighted by atomic mass is 19.2. The zero-order valence-corrected chi connectivity index (χ0v) is 12.7. The van der Waals surface area contributed by atoms with Gasteiger partial charge in [-0.25, -0.2) is 19.1 Å². The number of halogens is 2. The molecule has 2 aromatic rings. The molecule has 7 nitrogen and oxygen atoms in total. The molecule has 25 heavy (non-hydrogen) atoms. The smallest absolute Gasteiger partial charge is 0.266 e. The number of carbonyl (C=O) groups is 3. The highest BCUT2D eigenvalue weighted by Crippen LogP contribution is 2.24. The van der Waals surface area contributed by atoms with Crippen molar-refractivity contribution >= 4 is 23.4 Å². The molecule has 1 aliphatic rings. The van der Waals surface area contributed by atoms with Gasteiger partial charge in [0.15, 0.2) is 11.6 Å². The minimum absolute atomic E-state index is 0.0724. The molecule has 0 radical (unpaired) electrons. The summed E-state index contributed by atoms with van der Waals surface area (Å²) in [6.45, 7) is 0. The van der Waals surface area contributed by atoms with E-state index in [0.29, 0.717) is 0 Å². The Bertz CT molecular complexity index is 845. The van der Waals surface area contributed by atoms with E-state index in [2.05, 4.69) is 15.8 Å². The Kier molecular flexibility index (Phi) is 4.48. The van der Waals surface area contributed by atoms with Crippen molar-refractivity contribution in [1.82, 2.24) is 15.8 Å². The summed E-state index contributed by atoms with van der Waals surface area (Å²) in [6.07, 6.45) is 2.61. The Balaban J connectivity index is 1.69. The molecule has 0 unspecified atom stereocenters. The van der Waals surface area contributed by atoms with Crippen LogP contribution in [0.15, 0.2) is 42.7 Å². The molecular formula is C16H12F2N4O3. The Morgan fingerprint density at radius 3 is 2.68 bits per heavy atom. The number of nitrogens with zero attached hydrogens (tertiary/aromatic N) is 2. The summed E-state index contributed by atoms with van der Waals surface area (Å²) in [4.78, 5) is 40.8. The molecule has 3 rings (SSSR count). The number of hydrogen-bond acceptors (Lipinski definition) is 5. The number of nitrogens with one attached hydrogen (secondary N) is 2. The van der Waals surface area contributed by atoms with Gasteiger partial charge >= 0.3 is 0 Å². The maximum Gasteiger partial charge on any atom is 0.266 e. The number of hydrogen-bond donors (Lipinski definition) is 2. The zero-order valence-electron chi connectivity index (χ0n) is 12.7. The topological polar surface area (TPSA) is 91.4 Å². The zero-order chi connectivity index (χ0) is 18.0. The summed E-state index contributed by atoms with van der Waals surface area (Å²) in [5, 5.41) is 0. The van der Waals surface area contributed by atoms with Crippen LogP contribution in [0.2, 0.25) is 0 Å². The van der Waals surface area contributed by atoms with Crippen LogP contribution in [0.3, 0.4) is 0 Å². The maximum absolute atomic E-state index is 13.3. The van der Waals surface area contributed by atoms with Gasteiger partial charge in [-0.2, -0.15) is 0 Å². The minimum Gasteiger partial charge on any atom is -0.287 e. The largest absolute Gasteiger partial charge is 0.287 e. The third-order valence-corrected chi connectivity index (χ3v) is 3.59. The van der Waals surface area contributed by atoms with Gasteiger partial charge in [-0.3, -0.25) is 24.8 Å². The number of imide groups is 1. The summed E-state index contributed by atoms with van der Waals surface area (Å²) in [7, 11) is 0. The molecule has 0 bridgehead atoms. The summed E-state index contributed by atoms with van der Waals surface area (Å²) >= 11 is 0. The number of benzene rings is 1. The van der Waals surface area contributed by atoms with Crippen LogP contribution in [-0.2, 0) is 9.59 Å². The molecule has 1 aromatic carbocycles. The van der Waals surface area contributed by atoms with Crippen LogP contribution < -0.4 is 15.8 Å². The Labute approximate surface area is 140 Å². The standard InChI is InChI=1S/C16H12F2N4O3/c17-11-4-3-10(6-12(11)18)22-14(23)7-13(16(22)25)20-21-15(24)9-2-1-5-19-8-9/h1-6,8,13,20H,7H2,(H,21,24)/t13-/m1/s1. The monoisotopic (exact) mass is 346 g/mol. The van der Waals surface area contributed by atoms with Gasteiger partial charge in [-0.05, 0) is 24.3 Å². The Morgan fingerprint density at radius 1 is 1.20 bits per heavy atom. The van der Waals surface area contributed by atoms with E-state index in [9.17, 15) is 23.2 Å². The Morgan fingerprint density at radius 2 is 2.00 bits per heavy atom. The number of anilines is 1. The van der Waals surface area contributed by atoms with Crippen LogP contribution in [0, 0.1) is 11.6 Å². The SMILES string of the molecule is O=C(NN[C@@H]1CC(=O)N(c2ccc(F)c(F)c2)C1=O)c1cccnc1. The molecule has 2 heterocycles. The molecule has 1 atom stereocenters. The summed E-state index contributed by atoms with van der Waals surface area (Å²) in [6, 6.07) is 4.81. The molecule has 1 fully saturated rings. The first-order valence-corrected chi connectivity index (χ1v) is 7.25. The lowest BCUT2D eigenvalue weighted by Crippen LogP contribution is -2.48. The molecule has 1 aliphatic heterocycles. The predicted octanol–water partition coefficient (Wildman–Crippen LogP) is 0.926. The summed E-state index contributed by atoms with van der Waals surface area (Å²) < 4.78 is 26.3. The normalized spacial score (nSPS) is 17.0. The van der Waals surface area contributed by atoms with E-state index in [-0.39, 0.29) is 17.7 Å². The van der Waals surface area contributed by atoms with Crippen molar-refractivity contribution in [2.75, 3.05) is 4.90 Å². The van der Waals surface area contributed by atoms with E-state index in [1.807, 2.05) is 0 Å². The summed E-state index contributed by atoms with van der Waals surface area (Å²) in [5.74, 6) is -4.05. The number of rotatable bonds is 4. The van der Waals surface area contributed by atoms with E-state index in [4.69, 9.17) is 0 Å². The van der Waals surface area contributed by atoms with Crippen molar-refractivity contribution in [2.45, 2.75) is 12.5 Å². The molecule has 0 saturated carbocycles. The van der Waals surface area contributed by atoms with E-state index >= 15 is 0 Å². The van der Waals surface area contributed by atoms with E-state index in [0.717, 1.165) is 23.1 Å². The number of carbonyl (C=O) groups excluding carboxylic acids is 3. The molecule has 128 valence electrons. The molecule has 9 heteroatoms. The molecular weight excluding hydrogens is 334 g/mol. The van der Waals surface area contributed by atoms with Crippen LogP contribution in [0.25, 0.3) is 0 Å². The van der Waals surface area contributed by atoms with Crippen LogP contribution in [-0.4, -0.2) is 28.7 Å². The lowest BCUT2D eigenvalue weighted by Gasteiger charge is -2.16. The van der Waals surface area contributed by atoms with Gasteiger partial charge in [0, 0.05) is 18.5 Å². The fourth-order valence-corrected chi connectivity index (χ4v) is 2.36. The van der Waals surface area contributed by atoms with Crippen molar-refractivity contribution in [3.8, 4) is 0 Å². The minimum atomic E-state index is -1.17. The van der Waals surface area contributed by atoms with Crippen molar-refractivity contribution in [1.29, 1.82) is 0 Å². The second-order valence-electron chi connectivity index (χ2n) is 5.26. The van der Waals surface area contributed by atoms with Gasteiger partial charge in [0.05, 0.1) is 17.7 Å². The van der Waals surface area contributed by atoms with Gasteiger partial charge in [0.2, 0.25) is 5.91 Å². The first-order valence-electron chi connectivity index (χ1n) is 7.25.